The molecule has 0 aliphatic heterocycles. The number of nitrogens with zero attached hydrogens (tertiary/aromatic N) is 2. The zero-order chi connectivity index (χ0) is 13.8. The van der Waals surface area contributed by atoms with Gasteiger partial charge in [-0.15, -0.1) is 0 Å². The summed E-state index contributed by atoms with van der Waals surface area (Å²) in [6.45, 7) is 5.72. The highest BCUT2D eigenvalue weighted by atomic mass is 14.7. The summed E-state index contributed by atoms with van der Waals surface area (Å²) in [5.74, 6) is 0. The van der Waals surface area contributed by atoms with Crippen LogP contribution in [0.1, 0.15) is 13.3 Å². The van der Waals surface area contributed by atoms with E-state index in [1.165, 1.54) is 0 Å². The van der Waals surface area contributed by atoms with Gasteiger partial charge in [-0.25, -0.2) is 0 Å². The third-order valence-corrected chi connectivity index (χ3v) is 2.21. The maximum atomic E-state index is 4.03. The van der Waals surface area contributed by atoms with Gasteiger partial charge in [0.1, 0.15) is 0 Å². The van der Waals surface area contributed by atoms with Crippen molar-refractivity contribution in [1.82, 2.24) is 0 Å². The molecule has 0 amide bonds. The summed E-state index contributed by atoms with van der Waals surface area (Å²) in [6.07, 6.45) is 8.59. The van der Waals surface area contributed by atoms with Gasteiger partial charge in [0.2, 0.25) is 0 Å². The van der Waals surface area contributed by atoms with Crippen molar-refractivity contribution in [3.63, 3.8) is 0 Å². The quantitative estimate of drug-likeness (QED) is 0.401. The Kier molecular flexibility index (Phi) is 7.84. The van der Waals surface area contributed by atoms with Gasteiger partial charge in [0.05, 0.1) is 6.01 Å². The molecule has 0 heterocycles. The fourth-order valence-electron chi connectivity index (χ4n) is 1.36. The highest BCUT2D eigenvalue weighted by molar-refractivity contribution is 6.52. The number of allylic oxidation sites excluding steroid dienone is 5. The van der Waals surface area contributed by atoms with Crippen LogP contribution in [0.15, 0.2) is 76.5 Å². The molecule has 92 valence electrons. The van der Waals surface area contributed by atoms with Crippen LogP contribution in [0, 0.1) is 0 Å². The van der Waals surface area contributed by atoms with E-state index in [-0.39, 0.29) is 0 Å². The molecule has 0 aliphatic carbocycles. The molecule has 2 nitrogen and oxygen atoms in total. The van der Waals surface area contributed by atoms with Crippen molar-refractivity contribution in [2.45, 2.75) is 13.3 Å². The second-order valence-corrected chi connectivity index (χ2v) is 3.73. The summed E-state index contributed by atoms with van der Waals surface area (Å²) < 4.78 is 0. The first kappa shape index (κ1) is 15.0. The molecule has 0 atom stereocenters. The molecule has 0 N–H and O–H groups in total. The Labute approximate surface area is 116 Å². The average Bonchev–Trinajstić information content (AvgIpc) is 2.45. The lowest BCUT2D eigenvalue weighted by atomic mass is 9.82. The maximum absolute atomic E-state index is 4.03. The number of benzene rings is 1. The Hall–Kier alpha value is -2.05. The van der Waals surface area contributed by atoms with Gasteiger partial charge in [-0.3, -0.25) is 9.81 Å². The van der Waals surface area contributed by atoms with Crippen molar-refractivity contribution in [2.24, 2.45) is 9.81 Å². The number of hydrogen-bond acceptors (Lipinski definition) is 2. The summed E-state index contributed by atoms with van der Waals surface area (Å²) >= 11 is 0. The third-order valence-electron chi connectivity index (χ3n) is 2.21. The van der Waals surface area contributed by atoms with E-state index in [0.717, 1.165) is 17.4 Å². The minimum Gasteiger partial charge on any atom is -0.289 e. The van der Waals surface area contributed by atoms with E-state index in [0.29, 0.717) is 0 Å². The molecule has 1 aromatic rings. The number of hydrogen-bond donors (Lipinski definition) is 0. The summed E-state index contributed by atoms with van der Waals surface area (Å²) in [5, 5.41) is 0. The molecular formula is C15H16B2N2. The van der Waals surface area contributed by atoms with Crippen LogP contribution in [-0.4, -0.2) is 20.8 Å². The summed E-state index contributed by atoms with van der Waals surface area (Å²) in [4.78, 5) is 8.04. The monoisotopic (exact) mass is 246 g/mol. The van der Waals surface area contributed by atoms with Gasteiger partial charge in [-0.1, -0.05) is 79.1 Å². The molecule has 0 bridgehead atoms. The van der Waals surface area contributed by atoms with Gasteiger partial charge in [-0.2, -0.15) is 0 Å². The molecule has 0 aliphatic rings. The normalized spacial score (nSPS) is 10.7. The molecule has 19 heavy (non-hydrogen) atoms. The summed E-state index contributed by atoms with van der Waals surface area (Å²) in [6, 6.07) is 12.5. The largest absolute Gasteiger partial charge is 0.327 e. The van der Waals surface area contributed by atoms with Crippen LogP contribution in [0.25, 0.3) is 0 Å². The summed E-state index contributed by atoms with van der Waals surface area (Å²) in [7, 11) is 3.45. The molecule has 1 rings (SSSR count). The van der Waals surface area contributed by atoms with Crippen LogP contribution in [0.3, 0.4) is 0 Å². The fraction of sp³-hybridized carbons (Fsp3) is 0.133. The van der Waals surface area contributed by atoms with E-state index in [1.54, 1.807) is 20.9 Å². The van der Waals surface area contributed by atoms with Crippen molar-refractivity contribution in [3.05, 3.63) is 66.7 Å². The van der Waals surface area contributed by atoms with Gasteiger partial charge in [0, 0.05) is 0 Å². The van der Waals surface area contributed by atoms with Gasteiger partial charge >= 0.3 is 14.8 Å². The molecule has 0 spiro atoms. The van der Waals surface area contributed by atoms with Gasteiger partial charge in [-0.05, 0) is 6.42 Å². The lowest BCUT2D eigenvalue weighted by Gasteiger charge is -1.92. The molecule has 0 fully saturated rings. The van der Waals surface area contributed by atoms with Crippen LogP contribution >= 0.6 is 0 Å². The molecule has 0 saturated heterocycles. The van der Waals surface area contributed by atoms with Crippen LogP contribution in [0.2, 0.25) is 0 Å². The zero-order valence-corrected chi connectivity index (χ0v) is 11.2. The van der Waals surface area contributed by atoms with Crippen LogP contribution in [-0.2, 0) is 0 Å². The average molecular weight is 246 g/mol. The Morgan fingerprint density at radius 3 is 2.79 bits per heavy atom. The Morgan fingerprint density at radius 2 is 2.11 bits per heavy atom. The Balaban J connectivity index is 2.49. The second kappa shape index (κ2) is 9.93. The van der Waals surface area contributed by atoms with Crippen LogP contribution in [0.4, 0.5) is 0 Å². The molecular weight excluding hydrogens is 230 g/mol. The highest BCUT2D eigenvalue weighted by Crippen LogP contribution is 1.97. The second-order valence-electron chi connectivity index (χ2n) is 3.73. The lowest BCUT2D eigenvalue weighted by Crippen LogP contribution is -2.10. The first-order chi connectivity index (χ1) is 9.36. The third kappa shape index (κ3) is 7.07. The SMILES string of the molecule is C=C/C=C\C([B]N=C=N[B]c1ccccc1)=C/CC. The zero-order valence-electron chi connectivity index (χ0n) is 11.2. The Bertz CT molecular complexity index is 498. The molecule has 2 radical (unpaired) electrons. The highest BCUT2D eigenvalue weighted by Gasteiger charge is 1.93. The van der Waals surface area contributed by atoms with Crippen molar-refractivity contribution in [3.8, 4) is 0 Å². The van der Waals surface area contributed by atoms with E-state index in [4.69, 9.17) is 0 Å². The minimum atomic E-state index is 0.954. The maximum Gasteiger partial charge on any atom is 0.327 e. The van der Waals surface area contributed by atoms with Gasteiger partial charge in [0.25, 0.3) is 0 Å². The van der Waals surface area contributed by atoms with E-state index in [1.807, 2.05) is 42.5 Å². The lowest BCUT2D eigenvalue weighted by molar-refractivity contribution is 1.22. The fourth-order valence-corrected chi connectivity index (χ4v) is 1.36. The van der Waals surface area contributed by atoms with E-state index in [9.17, 15) is 0 Å². The topological polar surface area (TPSA) is 24.7 Å². The van der Waals surface area contributed by atoms with Gasteiger partial charge in [0.15, 0.2) is 0 Å². The van der Waals surface area contributed by atoms with E-state index >= 15 is 0 Å². The molecule has 0 aromatic heterocycles. The van der Waals surface area contributed by atoms with Crippen molar-refractivity contribution >= 4 is 26.3 Å². The smallest absolute Gasteiger partial charge is 0.289 e. The first-order valence-electron chi connectivity index (χ1n) is 6.22. The van der Waals surface area contributed by atoms with Crippen molar-refractivity contribution in [1.29, 1.82) is 0 Å². The van der Waals surface area contributed by atoms with Crippen molar-refractivity contribution in [2.75, 3.05) is 0 Å². The Morgan fingerprint density at radius 1 is 1.32 bits per heavy atom. The predicted octanol–water partition coefficient (Wildman–Crippen LogP) is 2.76. The minimum absolute atomic E-state index is 0.954. The van der Waals surface area contributed by atoms with E-state index < -0.39 is 0 Å². The number of rotatable bonds is 7. The van der Waals surface area contributed by atoms with Crippen molar-refractivity contribution < 1.29 is 0 Å². The van der Waals surface area contributed by atoms with E-state index in [2.05, 4.69) is 35.4 Å². The molecule has 0 unspecified atom stereocenters. The van der Waals surface area contributed by atoms with Crippen LogP contribution in [0.5, 0.6) is 0 Å². The standard InChI is InChI=1S/C15H16B2N2/c1-3-5-10-14(9-4-2)16-18-13-19-17-15-11-7-6-8-12-15/h3,5-12H,1,4H2,2H3/b10-5-,14-9+. The molecule has 0 saturated carbocycles. The summed E-state index contributed by atoms with van der Waals surface area (Å²) in [5.41, 5.74) is 2.05. The molecule has 4 heteroatoms. The molecule has 1 aromatic carbocycles. The van der Waals surface area contributed by atoms with Gasteiger partial charge < -0.3 is 0 Å². The first-order valence-corrected chi connectivity index (χ1v) is 6.22. The predicted molar refractivity (Wildman–Crippen MR) is 85.2 cm³/mol. The van der Waals surface area contributed by atoms with Crippen LogP contribution < -0.4 is 5.46 Å².